The summed E-state index contributed by atoms with van der Waals surface area (Å²) in [4.78, 5) is 22.8. The van der Waals surface area contributed by atoms with Gasteiger partial charge in [0.1, 0.15) is 11.9 Å². The summed E-state index contributed by atoms with van der Waals surface area (Å²) < 4.78 is 20.2. The minimum atomic E-state index is -0.479. The molecule has 2 aromatic carbocycles. The zero-order chi connectivity index (χ0) is 20.9. The van der Waals surface area contributed by atoms with Crippen molar-refractivity contribution < 1.29 is 19.0 Å². The fourth-order valence-electron chi connectivity index (χ4n) is 3.53. The molecule has 0 saturated carbocycles. The summed E-state index contributed by atoms with van der Waals surface area (Å²) in [6.45, 7) is 0.846. The van der Waals surface area contributed by atoms with E-state index in [2.05, 4.69) is 9.97 Å². The first-order chi connectivity index (χ1) is 14.7. The highest BCUT2D eigenvalue weighted by Crippen LogP contribution is 2.25. The van der Waals surface area contributed by atoms with Crippen LogP contribution in [0, 0.1) is 5.82 Å². The van der Waals surface area contributed by atoms with E-state index in [1.807, 2.05) is 35.2 Å². The molecule has 1 N–H and O–H groups in total. The molecule has 0 atom stereocenters. The maximum atomic E-state index is 14.4. The molecule has 6 nitrogen and oxygen atoms in total. The van der Waals surface area contributed by atoms with Crippen LogP contribution in [-0.2, 0) is 6.61 Å². The van der Waals surface area contributed by atoms with Gasteiger partial charge in [-0.2, -0.15) is 0 Å². The molecule has 0 bridgehead atoms. The number of likely N-dealkylation sites (tertiary alicyclic amines) is 1. The second-order valence-corrected chi connectivity index (χ2v) is 7.17. The summed E-state index contributed by atoms with van der Waals surface area (Å²) in [6.07, 6.45) is 4.32. The van der Waals surface area contributed by atoms with E-state index in [-0.39, 0.29) is 30.2 Å². The number of aliphatic hydroxyl groups excluding tert-OH is 1. The predicted octanol–water partition coefficient (Wildman–Crippen LogP) is 3.46. The Bertz CT molecular complexity index is 1000. The van der Waals surface area contributed by atoms with E-state index in [4.69, 9.17) is 4.74 Å². The number of carbonyl (C=O) groups excluding carboxylic acids is 1. The van der Waals surface area contributed by atoms with Crippen molar-refractivity contribution in [3.63, 3.8) is 0 Å². The summed E-state index contributed by atoms with van der Waals surface area (Å²) >= 11 is 0. The van der Waals surface area contributed by atoms with Gasteiger partial charge >= 0.3 is 6.01 Å². The number of amides is 1. The number of halogens is 1. The Hall–Kier alpha value is -3.32. The number of nitrogens with zero attached hydrogens (tertiary/aromatic N) is 3. The van der Waals surface area contributed by atoms with Crippen molar-refractivity contribution in [3.05, 3.63) is 77.9 Å². The van der Waals surface area contributed by atoms with Crippen LogP contribution in [-0.4, -0.2) is 45.1 Å². The number of aliphatic hydroxyl groups is 1. The molecule has 0 unspecified atom stereocenters. The molecule has 1 fully saturated rings. The SMILES string of the molecule is O=C(c1ccccc1)N1CCC(Oc2ncc(-c3cccc(CO)c3F)cn2)CC1. The summed E-state index contributed by atoms with van der Waals surface area (Å²) in [6, 6.07) is 14.3. The number of carbonyl (C=O) groups is 1. The second-order valence-electron chi connectivity index (χ2n) is 7.17. The molecular formula is C23H22FN3O3. The Labute approximate surface area is 174 Å². The van der Waals surface area contributed by atoms with Crippen LogP contribution in [0.1, 0.15) is 28.8 Å². The van der Waals surface area contributed by atoms with Crippen LogP contribution in [0.3, 0.4) is 0 Å². The van der Waals surface area contributed by atoms with Crippen LogP contribution in [0.5, 0.6) is 6.01 Å². The van der Waals surface area contributed by atoms with Crippen molar-refractivity contribution in [2.24, 2.45) is 0 Å². The normalized spacial score (nSPS) is 14.5. The van der Waals surface area contributed by atoms with Crippen molar-refractivity contribution in [1.29, 1.82) is 0 Å². The predicted molar refractivity (Wildman–Crippen MR) is 109 cm³/mol. The molecule has 3 aromatic rings. The van der Waals surface area contributed by atoms with Crippen LogP contribution in [0.25, 0.3) is 11.1 Å². The fourth-order valence-corrected chi connectivity index (χ4v) is 3.53. The number of aromatic nitrogens is 2. The Morgan fingerprint density at radius 1 is 1.07 bits per heavy atom. The van der Waals surface area contributed by atoms with Crippen molar-refractivity contribution >= 4 is 5.91 Å². The van der Waals surface area contributed by atoms with Crippen molar-refractivity contribution in [1.82, 2.24) is 14.9 Å². The molecule has 1 aromatic heterocycles. The van der Waals surface area contributed by atoms with Crippen LogP contribution < -0.4 is 4.74 Å². The van der Waals surface area contributed by atoms with Crippen LogP contribution in [0.2, 0.25) is 0 Å². The number of hydrogen-bond donors (Lipinski definition) is 1. The zero-order valence-electron chi connectivity index (χ0n) is 16.4. The third kappa shape index (κ3) is 4.31. The van der Waals surface area contributed by atoms with Crippen molar-refractivity contribution in [3.8, 4) is 17.1 Å². The maximum absolute atomic E-state index is 14.4. The minimum Gasteiger partial charge on any atom is -0.460 e. The van der Waals surface area contributed by atoms with Crippen LogP contribution >= 0.6 is 0 Å². The van der Waals surface area contributed by atoms with Crippen LogP contribution in [0.4, 0.5) is 4.39 Å². The summed E-state index contributed by atoms with van der Waals surface area (Å²) in [5, 5.41) is 9.22. The van der Waals surface area contributed by atoms with Gasteiger partial charge in [-0.25, -0.2) is 14.4 Å². The van der Waals surface area contributed by atoms with Crippen LogP contribution in [0.15, 0.2) is 60.9 Å². The Morgan fingerprint density at radius 2 is 1.77 bits per heavy atom. The van der Waals surface area contributed by atoms with Gasteiger partial charge in [-0.1, -0.05) is 36.4 Å². The lowest BCUT2D eigenvalue weighted by Gasteiger charge is -2.31. The molecule has 0 aliphatic carbocycles. The van der Waals surface area contributed by atoms with Gasteiger partial charge in [-0.05, 0) is 12.1 Å². The quantitative estimate of drug-likeness (QED) is 0.701. The first kappa shape index (κ1) is 20.0. The van der Waals surface area contributed by atoms with Gasteiger partial charge in [0.25, 0.3) is 5.91 Å². The lowest BCUT2D eigenvalue weighted by atomic mass is 10.1. The Morgan fingerprint density at radius 3 is 2.43 bits per heavy atom. The first-order valence-corrected chi connectivity index (χ1v) is 9.87. The highest BCUT2D eigenvalue weighted by molar-refractivity contribution is 5.94. The van der Waals surface area contributed by atoms with Gasteiger partial charge in [0.05, 0.1) is 6.61 Å². The molecule has 7 heteroatoms. The molecule has 1 saturated heterocycles. The lowest BCUT2D eigenvalue weighted by molar-refractivity contribution is 0.0578. The molecule has 1 amide bonds. The molecule has 4 rings (SSSR count). The third-order valence-electron chi connectivity index (χ3n) is 5.21. The molecule has 154 valence electrons. The molecule has 2 heterocycles. The first-order valence-electron chi connectivity index (χ1n) is 9.87. The third-order valence-corrected chi connectivity index (χ3v) is 5.21. The molecule has 0 radical (unpaired) electrons. The zero-order valence-corrected chi connectivity index (χ0v) is 16.4. The maximum Gasteiger partial charge on any atom is 0.316 e. The van der Waals surface area contributed by atoms with E-state index in [0.717, 1.165) is 0 Å². The monoisotopic (exact) mass is 407 g/mol. The largest absolute Gasteiger partial charge is 0.460 e. The standard InChI is InChI=1S/C23H22FN3O3/c24-21-17(15-28)7-4-8-20(21)18-13-25-23(26-14-18)30-19-9-11-27(12-10-19)22(29)16-5-2-1-3-6-16/h1-8,13-14,19,28H,9-12,15H2. The number of benzene rings is 2. The fraction of sp³-hybridized carbons (Fsp3) is 0.261. The van der Waals surface area contributed by atoms with Gasteiger partial charge < -0.3 is 14.7 Å². The van der Waals surface area contributed by atoms with Gasteiger partial charge in [-0.3, -0.25) is 4.79 Å². The highest BCUT2D eigenvalue weighted by atomic mass is 19.1. The summed E-state index contributed by atoms with van der Waals surface area (Å²) in [5.41, 5.74) is 1.76. The number of ether oxygens (including phenoxy) is 1. The Balaban J connectivity index is 1.35. The van der Waals surface area contributed by atoms with E-state index < -0.39 is 5.82 Å². The van der Waals surface area contributed by atoms with Crippen molar-refractivity contribution in [2.45, 2.75) is 25.6 Å². The van der Waals surface area contributed by atoms with E-state index in [0.29, 0.717) is 42.6 Å². The minimum absolute atomic E-state index is 0.0294. The van der Waals surface area contributed by atoms with Crippen molar-refractivity contribution in [2.75, 3.05) is 13.1 Å². The van der Waals surface area contributed by atoms with Gasteiger partial charge in [0.15, 0.2) is 0 Å². The van der Waals surface area contributed by atoms with Gasteiger partial charge in [0, 0.05) is 60.6 Å². The number of hydrogen-bond acceptors (Lipinski definition) is 5. The molecule has 30 heavy (non-hydrogen) atoms. The highest BCUT2D eigenvalue weighted by Gasteiger charge is 2.25. The van der Waals surface area contributed by atoms with E-state index in [1.54, 1.807) is 12.1 Å². The molecule has 1 aliphatic heterocycles. The average molecular weight is 407 g/mol. The van der Waals surface area contributed by atoms with E-state index in [9.17, 15) is 14.3 Å². The second kappa shape index (κ2) is 9.00. The smallest absolute Gasteiger partial charge is 0.316 e. The average Bonchev–Trinajstić information content (AvgIpc) is 2.80. The molecule has 0 spiro atoms. The molecular weight excluding hydrogens is 385 g/mol. The Kier molecular flexibility index (Phi) is 5.99. The van der Waals surface area contributed by atoms with E-state index >= 15 is 0 Å². The number of piperidine rings is 1. The summed E-state index contributed by atoms with van der Waals surface area (Å²) in [5.74, 6) is -0.450. The van der Waals surface area contributed by atoms with E-state index in [1.165, 1.54) is 18.5 Å². The summed E-state index contributed by atoms with van der Waals surface area (Å²) in [7, 11) is 0. The van der Waals surface area contributed by atoms with Gasteiger partial charge in [0.2, 0.25) is 0 Å². The lowest BCUT2D eigenvalue weighted by Crippen LogP contribution is -2.41. The topological polar surface area (TPSA) is 75.6 Å². The molecule has 1 aliphatic rings. The number of rotatable bonds is 5. The van der Waals surface area contributed by atoms with Gasteiger partial charge in [-0.15, -0.1) is 0 Å².